The lowest BCUT2D eigenvalue weighted by molar-refractivity contribution is -0.119. The predicted octanol–water partition coefficient (Wildman–Crippen LogP) is 4.12. The second kappa shape index (κ2) is 9.37. The molecular weight excluding hydrogens is 334 g/mol. The molecule has 0 saturated heterocycles. The number of amides is 1. The standard InChI is InChI=1S/C20H25NO3S/c1-14-7-5-6-8-17(14)12-25-13-20(22)21-15(2)16-9-10-18(23-3)19(11-16)24-4/h5-11,15H,12-13H2,1-4H3,(H,21,22)/t15-/m0/s1. The zero-order chi connectivity index (χ0) is 18.2. The number of ether oxygens (including phenoxy) is 2. The molecule has 0 aliphatic carbocycles. The van der Waals surface area contributed by atoms with Gasteiger partial charge in [-0.1, -0.05) is 30.3 Å². The number of methoxy groups -OCH3 is 2. The van der Waals surface area contributed by atoms with Crippen LogP contribution in [0.1, 0.15) is 29.7 Å². The third kappa shape index (κ3) is 5.43. The normalized spacial score (nSPS) is 11.7. The van der Waals surface area contributed by atoms with Crippen LogP contribution < -0.4 is 14.8 Å². The Kier molecular flexibility index (Phi) is 7.19. The average molecular weight is 359 g/mol. The maximum atomic E-state index is 12.2. The van der Waals surface area contributed by atoms with E-state index in [0.29, 0.717) is 17.3 Å². The molecule has 0 heterocycles. The van der Waals surface area contributed by atoms with E-state index in [0.717, 1.165) is 11.3 Å². The molecule has 1 amide bonds. The number of aryl methyl sites for hydroxylation is 1. The van der Waals surface area contributed by atoms with E-state index < -0.39 is 0 Å². The van der Waals surface area contributed by atoms with Crippen LogP contribution in [0.3, 0.4) is 0 Å². The average Bonchev–Trinajstić information content (AvgIpc) is 2.62. The van der Waals surface area contributed by atoms with E-state index in [1.807, 2.05) is 37.3 Å². The quantitative estimate of drug-likeness (QED) is 0.770. The Hall–Kier alpha value is -2.14. The third-order valence-electron chi connectivity index (χ3n) is 4.04. The Balaban J connectivity index is 1.86. The fourth-order valence-corrected chi connectivity index (χ4v) is 3.43. The molecule has 1 N–H and O–H groups in total. The van der Waals surface area contributed by atoms with E-state index in [-0.39, 0.29) is 11.9 Å². The molecule has 2 aromatic rings. The third-order valence-corrected chi connectivity index (χ3v) is 5.02. The van der Waals surface area contributed by atoms with Crippen LogP contribution >= 0.6 is 11.8 Å². The van der Waals surface area contributed by atoms with E-state index in [1.165, 1.54) is 11.1 Å². The number of carbonyl (C=O) groups is 1. The van der Waals surface area contributed by atoms with Crippen molar-refractivity contribution in [2.45, 2.75) is 25.6 Å². The molecule has 0 fully saturated rings. The number of thioether (sulfide) groups is 1. The summed E-state index contributed by atoms with van der Waals surface area (Å²) < 4.78 is 10.6. The van der Waals surface area contributed by atoms with Crippen molar-refractivity contribution in [1.82, 2.24) is 5.32 Å². The van der Waals surface area contributed by atoms with E-state index in [1.54, 1.807) is 26.0 Å². The lowest BCUT2D eigenvalue weighted by atomic mass is 10.1. The van der Waals surface area contributed by atoms with E-state index >= 15 is 0 Å². The summed E-state index contributed by atoms with van der Waals surface area (Å²) in [6.45, 7) is 4.06. The minimum Gasteiger partial charge on any atom is -0.493 e. The number of benzene rings is 2. The van der Waals surface area contributed by atoms with Crippen LogP contribution in [-0.4, -0.2) is 25.9 Å². The highest BCUT2D eigenvalue weighted by molar-refractivity contribution is 7.99. The van der Waals surface area contributed by atoms with Crippen molar-refractivity contribution < 1.29 is 14.3 Å². The van der Waals surface area contributed by atoms with Gasteiger partial charge in [0, 0.05) is 5.75 Å². The highest BCUT2D eigenvalue weighted by Crippen LogP contribution is 2.29. The molecule has 0 spiro atoms. The van der Waals surface area contributed by atoms with Crippen molar-refractivity contribution in [2.24, 2.45) is 0 Å². The van der Waals surface area contributed by atoms with Gasteiger partial charge in [0.2, 0.25) is 5.91 Å². The smallest absolute Gasteiger partial charge is 0.230 e. The Labute approximate surface area is 153 Å². The summed E-state index contributed by atoms with van der Waals surface area (Å²) in [6.07, 6.45) is 0. The van der Waals surface area contributed by atoms with E-state index in [4.69, 9.17) is 9.47 Å². The zero-order valence-corrected chi connectivity index (χ0v) is 16.0. The lowest BCUT2D eigenvalue weighted by Gasteiger charge is -2.16. The van der Waals surface area contributed by atoms with Crippen LogP contribution in [-0.2, 0) is 10.5 Å². The van der Waals surface area contributed by atoms with Crippen molar-refractivity contribution in [3.8, 4) is 11.5 Å². The maximum absolute atomic E-state index is 12.2. The van der Waals surface area contributed by atoms with Gasteiger partial charge in [-0.25, -0.2) is 0 Å². The molecule has 0 radical (unpaired) electrons. The SMILES string of the molecule is COc1ccc([C@H](C)NC(=O)CSCc2ccccc2C)cc1OC. The molecule has 0 saturated carbocycles. The van der Waals surface area contributed by atoms with Gasteiger partial charge < -0.3 is 14.8 Å². The van der Waals surface area contributed by atoms with Crippen LogP contribution in [0, 0.1) is 6.92 Å². The maximum Gasteiger partial charge on any atom is 0.230 e. The number of carbonyl (C=O) groups excluding carboxylic acids is 1. The van der Waals surface area contributed by atoms with Gasteiger partial charge in [-0.15, -0.1) is 11.8 Å². The Morgan fingerprint density at radius 2 is 1.84 bits per heavy atom. The molecule has 5 heteroatoms. The highest BCUT2D eigenvalue weighted by atomic mass is 32.2. The molecule has 0 unspecified atom stereocenters. The van der Waals surface area contributed by atoms with Gasteiger partial charge in [0.25, 0.3) is 0 Å². The molecule has 2 rings (SSSR count). The Morgan fingerprint density at radius 1 is 1.12 bits per heavy atom. The van der Waals surface area contributed by atoms with Crippen molar-refractivity contribution in [3.63, 3.8) is 0 Å². The predicted molar refractivity (Wildman–Crippen MR) is 103 cm³/mol. The van der Waals surface area contributed by atoms with Gasteiger partial charge in [-0.2, -0.15) is 0 Å². The number of hydrogen-bond acceptors (Lipinski definition) is 4. The van der Waals surface area contributed by atoms with Crippen molar-refractivity contribution >= 4 is 17.7 Å². The number of rotatable bonds is 8. The first-order chi connectivity index (χ1) is 12.0. The molecule has 0 aliphatic rings. The first-order valence-electron chi connectivity index (χ1n) is 8.18. The van der Waals surface area contributed by atoms with Gasteiger partial charge in [0.05, 0.1) is 26.0 Å². The molecule has 1 atom stereocenters. The number of hydrogen-bond donors (Lipinski definition) is 1. The topological polar surface area (TPSA) is 47.6 Å². The van der Waals surface area contributed by atoms with Gasteiger partial charge in [-0.3, -0.25) is 4.79 Å². The molecular formula is C20H25NO3S. The van der Waals surface area contributed by atoms with Crippen LogP contribution in [0.4, 0.5) is 0 Å². The minimum absolute atomic E-state index is 0.0286. The van der Waals surface area contributed by atoms with Crippen molar-refractivity contribution in [2.75, 3.05) is 20.0 Å². The Bertz CT molecular complexity index is 718. The summed E-state index contributed by atoms with van der Waals surface area (Å²) in [4.78, 5) is 12.2. The van der Waals surface area contributed by atoms with E-state index in [9.17, 15) is 4.79 Å². The summed E-state index contributed by atoms with van der Waals surface area (Å²) >= 11 is 1.62. The molecule has 134 valence electrons. The summed E-state index contributed by atoms with van der Waals surface area (Å²) in [6, 6.07) is 13.8. The van der Waals surface area contributed by atoms with Crippen molar-refractivity contribution in [3.05, 3.63) is 59.2 Å². The Morgan fingerprint density at radius 3 is 2.52 bits per heavy atom. The molecule has 0 aliphatic heterocycles. The van der Waals surface area contributed by atoms with Crippen molar-refractivity contribution in [1.29, 1.82) is 0 Å². The fourth-order valence-electron chi connectivity index (χ4n) is 2.51. The summed E-state index contributed by atoms with van der Waals surface area (Å²) in [7, 11) is 3.21. The summed E-state index contributed by atoms with van der Waals surface area (Å²) in [5.74, 6) is 2.64. The zero-order valence-electron chi connectivity index (χ0n) is 15.2. The second-order valence-electron chi connectivity index (χ2n) is 5.82. The summed E-state index contributed by atoms with van der Waals surface area (Å²) in [5.41, 5.74) is 3.51. The van der Waals surface area contributed by atoms with Crippen LogP contribution in [0.15, 0.2) is 42.5 Å². The second-order valence-corrected chi connectivity index (χ2v) is 6.81. The summed E-state index contributed by atoms with van der Waals surface area (Å²) in [5, 5.41) is 3.03. The molecule has 0 aromatic heterocycles. The molecule has 25 heavy (non-hydrogen) atoms. The van der Waals surface area contributed by atoms with Crippen LogP contribution in [0.2, 0.25) is 0 Å². The minimum atomic E-state index is -0.0913. The number of nitrogens with one attached hydrogen (secondary N) is 1. The molecule has 2 aromatic carbocycles. The highest BCUT2D eigenvalue weighted by Gasteiger charge is 2.13. The first kappa shape index (κ1) is 19.2. The lowest BCUT2D eigenvalue weighted by Crippen LogP contribution is -2.28. The first-order valence-corrected chi connectivity index (χ1v) is 9.34. The van der Waals surface area contributed by atoms with Gasteiger partial charge in [0.15, 0.2) is 11.5 Å². The molecule has 0 bridgehead atoms. The molecule has 4 nitrogen and oxygen atoms in total. The van der Waals surface area contributed by atoms with Crippen LogP contribution in [0.25, 0.3) is 0 Å². The van der Waals surface area contributed by atoms with E-state index in [2.05, 4.69) is 24.4 Å². The monoisotopic (exact) mass is 359 g/mol. The van der Waals surface area contributed by atoms with Crippen LogP contribution in [0.5, 0.6) is 11.5 Å². The van der Waals surface area contributed by atoms with Gasteiger partial charge in [0.1, 0.15) is 0 Å². The van der Waals surface area contributed by atoms with Gasteiger partial charge in [-0.05, 0) is 42.7 Å². The fraction of sp³-hybridized carbons (Fsp3) is 0.350. The largest absolute Gasteiger partial charge is 0.493 e. The van der Waals surface area contributed by atoms with Gasteiger partial charge >= 0.3 is 0 Å².